The molecule has 2 rings (SSSR count). The molecule has 0 aliphatic heterocycles. The van der Waals surface area contributed by atoms with Gasteiger partial charge in [-0.3, -0.25) is 0 Å². The lowest BCUT2D eigenvalue weighted by Crippen LogP contribution is -1.97. The van der Waals surface area contributed by atoms with E-state index in [2.05, 4.69) is 39.0 Å². The molecule has 0 saturated heterocycles. The third-order valence-corrected chi connectivity index (χ3v) is 3.40. The van der Waals surface area contributed by atoms with Crippen molar-refractivity contribution in [1.29, 1.82) is 0 Å². The van der Waals surface area contributed by atoms with E-state index in [9.17, 15) is 4.39 Å². The quantitative estimate of drug-likeness (QED) is 0.705. The summed E-state index contributed by atoms with van der Waals surface area (Å²) in [4.78, 5) is 0. The summed E-state index contributed by atoms with van der Waals surface area (Å²) >= 11 is 0. The van der Waals surface area contributed by atoms with Crippen molar-refractivity contribution in [3.05, 3.63) is 70.5 Å². The SMILES string of the molecule is Cc1ccc(C(C)c2ccc(F)cc2)cc1C. The molecule has 2 aromatic rings. The first-order valence-electron chi connectivity index (χ1n) is 5.90. The zero-order valence-electron chi connectivity index (χ0n) is 10.5. The average Bonchev–Trinajstić information content (AvgIpc) is 2.33. The molecule has 0 heterocycles. The van der Waals surface area contributed by atoms with Crippen LogP contribution in [0, 0.1) is 19.7 Å². The summed E-state index contributed by atoms with van der Waals surface area (Å²) in [5, 5.41) is 0. The van der Waals surface area contributed by atoms with Crippen molar-refractivity contribution in [2.24, 2.45) is 0 Å². The Balaban J connectivity index is 2.33. The predicted octanol–water partition coefficient (Wildman–Crippen LogP) is 4.59. The number of rotatable bonds is 2. The van der Waals surface area contributed by atoms with Crippen LogP contribution in [0.3, 0.4) is 0 Å². The Labute approximate surface area is 102 Å². The Morgan fingerprint density at radius 1 is 0.824 bits per heavy atom. The molecule has 17 heavy (non-hydrogen) atoms. The minimum absolute atomic E-state index is 0.180. The normalized spacial score (nSPS) is 12.5. The summed E-state index contributed by atoms with van der Waals surface area (Å²) in [5.41, 5.74) is 5.03. The van der Waals surface area contributed by atoms with E-state index < -0.39 is 0 Å². The standard InChI is InChI=1S/C16H17F/c1-11-4-5-15(10-12(11)2)13(3)14-6-8-16(17)9-7-14/h4-10,13H,1-3H3. The smallest absolute Gasteiger partial charge is 0.123 e. The maximum atomic E-state index is 12.9. The first-order chi connectivity index (χ1) is 8.08. The van der Waals surface area contributed by atoms with Gasteiger partial charge in [0.2, 0.25) is 0 Å². The summed E-state index contributed by atoms with van der Waals surface area (Å²) in [7, 11) is 0. The second-order valence-electron chi connectivity index (χ2n) is 4.62. The monoisotopic (exact) mass is 228 g/mol. The van der Waals surface area contributed by atoms with Crippen LogP contribution in [0.2, 0.25) is 0 Å². The maximum Gasteiger partial charge on any atom is 0.123 e. The fourth-order valence-corrected chi connectivity index (χ4v) is 1.98. The Hall–Kier alpha value is -1.63. The second kappa shape index (κ2) is 4.70. The lowest BCUT2D eigenvalue weighted by atomic mass is 9.91. The van der Waals surface area contributed by atoms with Crippen LogP contribution in [0.1, 0.15) is 35.1 Å². The lowest BCUT2D eigenvalue weighted by Gasteiger charge is -2.14. The van der Waals surface area contributed by atoms with Gasteiger partial charge >= 0.3 is 0 Å². The number of halogens is 1. The summed E-state index contributed by atoms with van der Waals surface area (Å²) in [5.74, 6) is 0.121. The lowest BCUT2D eigenvalue weighted by molar-refractivity contribution is 0.626. The largest absolute Gasteiger partial charge is 0.207 e. The molecule has 1 heteroatoms. The van der Waals surface area contributed by atoms with E-state index in [4.69, 9.17) is 0 Å². The Bertz CT molecular complexity index is 512. The van der Waals surface area contributed by atoms with Gasteiger partial charge in [-0.25, -0.2) is 4.39 Å². The van der Waals surface area contributed by atoms with Crippen LogP contribution in [-0.4, -0.2) is 0 Å². The molecule has 88 valence electrons. The maximum absolute atomic E-state index is 12.9. The Morgan fingerprint density at radius 2 is 1.41 bits per heavy atom. The highest BCUT2D eigenvalue weighted by Crippen LogP contribution is 2.25. The van der Waals surface area contributed by atoms with E-state index in [0.717, 1.165) is 5.56 Å². The van der Waals surface area contributed by atoms with Crippen LogP contribution < -0.4 is 0 Å². The molecule has 0 fully saturated rings. The van der Waals surface area contributed by atoms with Gasteiger partial charge in [0.05, 0.1) is 0 Å². The van der Waals surface area contributed by atoms with E-state index in [1.807, 2.05) is 12.1 Å². The number of aryl methyl sites for hydroxylation is 2. The molecule has 0 aromatic heterocycles. The molecule has 0 radical (unpaired) electrons. The highest BCUT2D eigenvalue weighted by Gasteiger charge is 2.09. The van der Waals surface area contributed by atoms with E-state index in [-0.39, 0.29) is 5.82 Å². The van der Waals surface area contributed by atoms with Crippen LogP contribution >= 0.6 is 0 Å². The molecule has 0 aliphatic rings. The van der Waals surface area contributed by atoms with Gasteiger partial charge in [-0.05, 0) is 48.2 Å². The van der Waals surface area contributed by atoms with Crippen molar-refractivity contribution in [2.45, 2.75) is 26.7 Å². The molecule has 0 bridgehead atoms. The summed E-state index contributed by atoms with van der Waals surface area (Å²) < 4.78 is 12.9. The molecule has 0 amide bonds. The van der Waals surface area contributed by atoms with E-state index in [1.54, 1.807) is 0 Å². The summed E-state index contributed by atoms with van der Waals surface area (Å²) in [6.45, 7) is 6.38. The Kier molecular flexibility index (Phi) is 3.28. The van der Waals surface area contributed by atoms with Gasteiger partial charge in [-0.2, -0.15) is 0 Å². The van der Waals surface area contributed by atoms with Gasteiger partial charge in [0, 0.05) is 5.92 Å². The molecular weight excluding hydrogens is 211 g/mol. The highest BCUT2D eigenvalue weighted by molar-refractivity contribution is 5.37. The molecule has 2 aromatic carbocycles. The first kappa shape index (κ1) is 11.8. The van der Waals surface area contributed by atoms with E-state index in [1.165, 1.54) is 28.8 Å². The van der Waals surface area contributed by atoms with Crippen molar-refractivity contribution in [3.63, 3.8) is 0 Å². The molecule has 0 N–H and O–H groups in total. The van der Waals surface area contributed by atoms with Crippen LogP contribution in [0.15, 0.2) is 42.5 Å². The minimum atomic E-state index is -0.180. The van der Waals surface area contributed by atoms with Crippen LogP contribution in [0.25, 0.3) is 0 Å². The van der Waals surface area contributed by atoms with Crippen LogP contribution in [0.4, 0.5) is 4.39 Å². The molecule has 0 nitrogen and oxygen atoms in total. The molecule has 0 saturated carbocycles. The fourth-order valence-electron chi connectivity index (χ4n) is 1.98. The number of benzene rings is 2. The van der Waals surface area contributed by atoms with Gasteiger partial charge < -0.3 is 0 Å². The van der Waals surface area contributed by atoms with Gasteiger partial charge in [0.1, 0.15) is 5.82 Å². The molecule has 0 aliphatic carbocycles. The zero-order chi connectivity index (χ0) is 12.4. The first-order valence-corrected chi connectivity index (χ1v) is 5.90. The molecule has 1 unspecified atom stereocenters. The van der Waals surface area contributed by atoms with Crippen molar-refractivity contribution in [1.82, 2.24) is 0 Å². The van der Waals surface area contributed by atoms with E-state index in [0.29, 0.717) is 5.92 Å². The van der Waals surface area contributed by atoms with E-state index >= 15 is 0 Å². The predicted molar refractivity (Wildman–Crippen MR) is 69.8 cm³/mol. The van der Waals surface area contributed by atoms with Crippen molar-refractivity contribution >= 4 is 0 Å². The average molecular weight is 228 g/mol. The third-order valence-electron chi connectivity index (χ3n) is 3.40. The van der Waals surface area contributed by atoms with Crippen molar-refractivity contribution in [3.8, 4) is 0 Å². The highest BCUT2D eigenvalue weighted by atomic mass is 19.1. The van der Waals surface area contributed by atoms with Gasteiger partial charge in [0.25, 0.3) is 0 Å². The molecule has 1 atom stereocenters. The van der Waals surface area contributed by atoms with Crippen LogP contribution in [0.5, 0.6) is 0 Å². The Morgan fingerprint density at radius 3 is 2.00 bits per heavy atom. The van der Waals surface area contributed by atoms with Gasteiger partial charge in [0.15, 0.2) is 0 Å². The van der Waals surface area contributed by atoms with Crippen molar-refractivity contribution in [2.75, 3.05) is 0 Å². The second-order valence-corrected chi connectivity index (χ2v) is 4.62. The zero-order valence-corrected chi connectivity index (χ0v) is 10.5. The van der Waals surface area contributed by atoms with Crippen LogP contribution in [-0.2, 0) is 0 Å². The minimum Gasteiger partial charge on any atom is -0.207 e. The summed E-state index contributed by atoms with van der Waals surface area (Å²) in [6, 6.07) is 13.3. The summed E-state index contributed by atoms with van der Waals surface area (Å²) in [6.07, 6.45) is 0. The molecule has 0 spiro atoms. The van der Waals surface area contributed by atoms with Gasteiger partial charge in [-0.15, -0.1) is 0 Å². The fraction of sp³-hybridized carbons (Fsp3) is 0.250. The topological polar surface area (TPSA) is 0 Å². The number of hydrogen-bond donors (Lipinski definition) is 0. The third kappa shape index (κ3) is 2.55. The molecular formula is C16H17F. The van der Waals surface area contributed by atoms with Gasteiger partial charge in [-0.1, -0.05) is 37.3 Å². The number of hydrogen-bond acceptors (Lipinski definition) is 0. The van der Waals surface area contributed by atoms with Crippen molar-refractivity contribution < 1.29 is 4.39 Å².